The number of rotatable bonds is 5. The molecular formula is C22H23FN8O. The first-order chi connectivity index (χ1) is 15.6. The molecule has 32 heavy (non-hydrogen) atoms. The quantitative estimate of drug-likeness (QED) is 0.479. The molecule has 1 amide bonds. The Morgan fingerprint density at radius 1 is 1.19 bits per heavy atom. The van der Waals surface area contributed by atoms with Crippen molar-refractivity contribution < 1.29 is 9.18 Å². The van der Waals surface area contributed by atoms with Crippen LogP contribution in [0.15, 0.2) is 48.7 Å². The lowest BCUT2D eigenvalue weighted by Crippen LogP contribution is -2.44. The molecule has 5 rings (SSSR count). The van der Waals surface area contributed by atoms with Crippen LogP contribution >= 0.6 is 0 Å². The van der Waals surface area contributed by atoms with Crippen LogP contribution in [-0.4, -0.2) is 58.7 Å². The van der Waals surface area contributed by atoms with Crippen LogP contribution in [-0.2, 0) is 11.2 Å². The predicted octanol–water partition coefficient (Wildman–Crippen LogP) is 2.35. The van der Waals surface area contributed by atoms with Gasteiger partial charge in [-0.2, -0.15) is 0 Å². The van der Waals surface area contributed by atoms with E-state index in [9.17, 15) is 9.18 Å². The average molecular weight is 434 g/mol. The molecule has 1 fully saturated rings. The van der Waals surface area contributed by atoms with Crippen LogP contribution in [0.2, 0.25) is 0 Å². The molecule has 0 saturated carbocycles. The number of piperidine rings is 1. The summed E-state index contributed by atoms with van der Waals surface area (Å²) in [7, 11) is 0. The van der Waals surface area contributed by atoms with Gasteiger partial charge in [0, 0.05) is 31.6 Å². The minimum Gasteiger partial charge on any atom is -0.340 e. The Balaban J connectivity index is 1.42. The van der Waals surface area contributed by atoms with Crippen LogP contribution in [0.3, 0.4) is 0 Å². The van der Waals surface area contributed by atoms with Gasteiger partial charge in [-0.15, -0.1) is 15.3 Å². The number of likely N-dealkylation sites (tertiary alicyclic amines) is 1. The van der Waals surface area contributed by atoms with E-state index in [1.165, 1.54) is 16.8 Å². The third kappa shape index (κ3) is 3.83. The highest BCUT2D eigenvalue weighted by molar-refractivity contribution is 5.81. The lowest BCUT2D eigenvalue weighted by molar-refractivity contribution is -0.136. The highest BCUT2D eigenvalue weighted by Crippen LogP contribution is 2.28. The number of aryl methyl sites for hydroxylation is 1. The van der Waals surface area contributed by atoms with Crippen molar-refractivity contribution in [3.63, 3.8) is 0 Å². The molecule has 4 heterocycles. The third-order valence-electron chi connectivity index (χ3n) is 5.99. The van der Waals surface area contributed by atoms with Gasteiger partial charge in [-0.3, -0.25) is 9.20 Å². The van der Waals surface area contributed by atoms with Crippen LogP contribution in [0.1, 0.15) is 42.0 Å². The van der Waals surface area contributed by atoms with E-state index in [-0.39, 0.29) is 17.6 Å². The number of hydrogen-bond acceptors (Lipinski definition) is 6. The first-order valence-corrected chi connectivity index (χ1v) is 10.7. The van der Waals surface area contributed by atoms with Gasteiger partial charge in [0.2, 0.25) is 5.91 Å². The molecular weight excluding hydrogens is 411 g/mol. The molecule has 4 aromatic rings. The van der Waals surface area contributed by atoms with Crippen molar-refractivity contribution in [2.45, 2.75) is 38.1 Å². The maximum atomic E-state index is 13.8. The fourth-order valence-electron chi connectivity index (χ4n) is 4.43. The largest absolute Gasteiger partial charge is 0.340 e. The summed E-state index contributed by atoms with van der Waals surface area (Å²) in [5, 5.41) is 20.4. The fourth-order valence-corrected chi connectivity index (χ4v) is 4.43. The summed E-state index contributed by atoms with van der Waals surface area (Å²) in [6, 6.07) is 11.4. The second-order valence-corrected chi connectivity index (χ2v) is 8.13. The maximum absolute atomic E-state index is 13.8. The number of pyridine rings is 1. The molecule has 2 atom stereocenters. The molecule has 0 radical (unpaired) electrons. The molecule has 0 spiro atoms. The van der Waals surface area contributed by atoms with Gasteiger partial charge < -0.3 is 4.90 Å². The van der Waals surface area contributed by atoms with Gasteiger partial charge in [0.05, 0.1) is 0 Å². The molecule has 9 nitrogen and oxygen atoms in total. The van der Waals surface area contributed by atoms with Gasteiger partial charge in [0.15, 0.2) is 5.65 Å². The van der Waals surface area contributed by atoms with E-state index in [4.69, 9.17) is 0 Å². The van der Waals surface area contributed by atoms with Crippen molar-refractivity contribution in [2.24, 2.45) is 0 Å². The summed E-state index contributed by atoms with van der Waals surface area (Å²) in [4.78, 5) is 15.5. The standard InChI is InChI=1S/C22H23FN8O/c1-15-24-27-28-31(15)19(13-16-6-4-8-18(23)12-16)22(32)29-10-5-7-17(14-29)21-26-25-20-9-2-3-11-30(20)21/h2-4,6,8-9,11-12,17,19H,5,7,10,13-14H2,1H3/t17-,19+/m1/s1. The number of fused-ring (bicyclic) bond motifs is 1. The van der Waals surface area contributed by atoms with Gasteiger partial charge in [0.1, 0.15) is 23.5 Å². The Morgan fingerprint density at radius 2 is 2.09 bits per heavy atom. The number of tetrazole rings is 1. The fraction of sp³-hybridized carbons (Fsp3) is 0.364. The molecule has 1 saturated heterocycles. The predicted molar refractivity (Wildman–Crippen MR) is 113 cm³/mol. The van der Waals surface area contributed by atoms with E-state index in [1.807, 2.05) is 39.8 Å². The van der Waals surface area contributed by atoms with Crippen molar-refractivity contribution in [1.82, 2.24) is 39.7 Å². The van der Waals surface area contributed by atoms with Gasteiger partial charge in [-0.25, -0.2) is 9.07 Å². The molecule has 1 aliphatic heterocycles. The first-order valence-electron chi connectivity index (χ1n) is 10.7. The zero-order valence-electron chi connectivity index (χ0n) is 17.7. The minimum absolute atomic E-state index is 0.0786. The molecule has 164 valence electrons. The smallest absolute Gasteiger partial charge is 0.247 e. The van der Waals surface area contributed by atoms with Crippen molar-refractivity contribution in [3.8, 4) is 0 Å². The van der Waals surface area contributed by atoms with Gasteiger partial charge >= 0.3 is 0 Å². The molecule has 1 aliphatic rings. The molecule has 3 aromatic heterocycles. The lowest BCUT2D eigenvalue weighted by atomic mass is 9.95. The van der Waals surface area contributed by atoms with Crippen molar-refractivity contribution >= 4 is 11.6 Å². The summed E-state index contributed by atoms with van der Waals surface area (Å²) in [6.45, 7) is 2.94. The third-order valence-corrected chi connectivity index (χ3v) is 5.99. The monoisotopic (exact) mass is 434 g/mol. The number of halogens is 1. The van der Waals surface area contributed by atoms with Crippen LogP contribution in [0.25, 0.3) is 5.65 Å². The first kappa shape index (κ1) is 20.2. The van der Waals surface area contributed by atoms with Crippen LogP contribution in [0.5, 0.6) is 0 Å². The molecule has 10 heteroatoms. The summed E-state index contributed by atoms with van der Waals surface area (Å²) in [6.07, 6.45) is 4.04. The zero-order valence-corrected chi connectivity index (χ0v) is 17.7. The summed E-state index contributed by atoms with van der Waals surface area (Å²) in [5.74, 6) is 1.06. The number of carbonyl (C=O) groups is 1. The van der Waals surface area contributed by atoms with Gasteiger partial charge in [-0.1, -0.05) is 18.2 Å². The number of carbonyl (C=O) groups excluding carboxylic acids is 1. The summed E-state index contributed by atoms with van der Waals surface area (Å²) >= 11 is 0. The van der Waals surface area contributed by atoms with Gasteiger partial charge in [0.25, 0.3) is 0 Å². The summed E-state index contributed by atoms with van der Waals surface area (Å²) < 4.78 is 17.3. The topological polar surface area (TPSA) is 94.1 Å². The molecule has 0 N–H and O–H groups in total. The number of benzene rings is 1. The van der Waals surface area contributed by atoms with Crippen LogP contribution in [0, 0.1) is 12.7 Å². The number of amides is 1. The van der Waals surface area contributed by atoms with E-state index in [1.54, 1.807) is 13.0 Å². The Labute approximate surface area is 183 Å². The number of aromatic nitrogens is 7. The van der Waals surface area contributed by atoms with Gasteiger partial charge in [-0.05, 0) is 60.0 Å². The zero-order chi connectivity index (χ0) is 22.1. The molecule has 0 aliphatic carbocycles. The molecule has 0 bridgehead atoms. The van der Waals surface area contributed by atoms with Crippen molar-refractivity contribution in [3.05, 3.63) is 71.7 Å². The Morgan fingerprint density at radius 3 is 2.91 bits per heavy atom. The van der Waals surface area contributed by atoms with Crippen LogP contribution in [0.4, 0.5) is 4.39 Å². The molecule has 0 unspecified atom stereocenters. The Kier molecular flexibility index (Phi) is 5.34. The van der Waals surface area contributed by atoms with Crippen molar-refractivity contribution in [1.29, 1.82) is 0 Å². The van der Waals surface area contributed by atoms with E-state index >= 15 is 0 Å². The van der Waals surface area contributed by atoms with E-state index in [0.717, 1.165) is 29.9 Å². The highest BCUT2D eigenvalue weighted by atomic mass is 19.1. The Bertz CT molecular complexity index is 1250. The number of hydrogen-bond donors (Lipinski definition) is 0. The maximum Gasteiger partial charge on any atom is 0.247 e. The van der Waals surface area contributed by atoms with Crippen LogP contribution < -0.4 is 0 Å². The summed E-state index contributed by atoms with van der Waals surface area (Å²) in [5.41, 5.74) is 1.51. The van der Waals surface area contributed by atoms with E-state index in [2.05, 4.69) is 25.7 Å². The van der Waals surface area contributed by atoms with E-state index < -0.39 is 6.04 Å². The Hall–Kier alpha value is -3.69. The lowest BCUT2D eigenvalue weighted by Gasteiger charge is -2.34. The molecule has 1 aromatic carbocycles. The minimum atomic E-state index is -0.652. The SMILES string of the molecule is Cc1nnnn1[C@@H](Cc1cccc(F)c1)C(=O)N1CCC[C@@H](c2nnc3ccccn23)C1. The number of nitrogens with zero attached hydrogens (tertiary/aromatic N) is 8. The highest BCUT2D eigenvalue weighted by Gasteiger charge is 2.33. The van der Waals surface area contributed by atoms with E-state index in [0.29, 0.717) is 25.3 Å². The van der Waals surface area contributed by atoms with Crippen molar-refractivity contribution in [2.75, 3.05) is 13.1 Å². The average Bonchev–Trinajstić information content (AvgIpc) is 3.43. The normalized spacial score (nSPS) is 17.6. The second-order valence-electron chi connectivity index (χ2n) is 8.13. The second kappa shape index (κ2) is 8.45.